The lowest BCUT2D eigenvalue weighted by molar-refractivity contribution is -0.140. The summed E-state index contributed by atoms with van der Waals surface area (Å²) < 4.78 is 16.5. The number of benzene rings is 3. The molecule has 1 aliphatic rings. The Morgan fingerprint density at radius 2 is 1.63 bits per heavy atom. The normalized spacial score (nSPS) is 16.7. The van der Waals surface area contributed by atoms with Crippen LogP contribution in [0, 0.1) is 13.8 Å². The van der Waals surface area contributed by atoms with Gasteiger partial charge in [0.15, 0.2) is 0 Å². The zero-order chi connectivity index (χ0) is 27.6. The number of carbonyl (C=O) groups excluding carboxylic acids is 2. The third-order valence-electron chi connectivity index (χ3n) is 6.59. The molecule has 0 saturated carbocycles. The first-order valence-electron chi connectivity index (χ1n) is 12.5. The van der Waals surface area contributed by atoms with E-state index in [-0.39, 0.29) is 24.0 Å². The molecule has 7 heteroatoms. The molecule has 0 bridgehead atoms. The smallest absolute Gasteiger partial charge is 0.295 e. The van der Waals surface area contributed by atoms with E-state index in [0.717, 1.165) is 22.4 Å². The molecule has 1 heterocycles. The minimum atomic E-state index is -0.807. The van der Waals surface area contributed by atoms with E-state index in [4.69, 9.17) is 14.2 Å². The van der Waals surface area contributed by atoms with Gasteiger partial charge in [-0.15, -0.1) is 0 Å². The first-order valence-corrected chi connectivity index (χ1v) is 12.5. The van der Waals surface area contributed by atoms with Crippen molar-refractivity contribution in [2.45, 2.75) is 46.4 Å². The molecule has 1 aliphatic heterocycles. The zero-order valence-electron chi connectivity index (χ0n) is 22.6. The van der Waals surface area contributed by atoms with Crippen LogP contribution in [0.2, 0.25) is 0 Å². The van der Waals surface area contributed by atoms with Crippen LogP contribution in [-0.4, -0.2) is 42.0 Å². The highest BCUT2D eigenvalue weighted by Crippen LogP contribution is 2.42. The lowest BCUT2D eigenvalue weighted by atomic mass is 9.93. The Morgan fingerprint density at radius 3 is 2.26 bits per heavy atom. The van der Waals surface area contributed by atoms with Crippen LogP contribution < -0.4 is 14.2 Å². The van der Waals surface area contributed by atoms with Gasteiger partial charge in [0.05, 0.1) is 31.9 Å². The molecule has 0 radical (unpaired) electrons. The van der Waals surface area contributed by atoms with Gasteiger partial charge in [-0.2, -0.15) is 0 Å². The number of methoxy groups -OCH3 is 2. The number of ether oxygens (including phenoxy) is 3. The van der Waals surface area contributed by atoms with Crippen molar-refractivity contribution in [1.29, 1.82) is 0 Å². The predicted octanol–water partition coefficient (Wildman–Crippen LogP) is 5.73. The zero-order valence-corrected chi connectivity index (χ0v) is 22.6. The summed E-state index contributed by atoms with van der Waals surface area (Å²) in [5, 5.41) is 11.5. The van der Waals surface area contributed by atoms with Gasteiger partial charge in [0.2, 0.25) is 0 Å². The fourth-order valence-corrected chi connectivity index (χ4v) is 4.75. The first kappa shape index (κ1) is 26.8. The van der Waals surface area contributed by atoms with Crippen molar-refractivity contribution in [2.24, 2.45) is 0 Å². The molecule has 1 saturated heterocycles. The minimum Gasteiger partial charge on any atom is -0.507 e. The van der Waals surface area contributed by atoms with Gasteiger partial charge in [0.25, 0.3) is 11.7 Å². The van der Waals surface area contributed by atoms with E-state index < -0.39 is 17.7 Å². The quantitative estimate of drug-likeness (QED) is 0.234. The van der Waals surface area contributed by atoms with Gasteiger partial charge in [-0.25, -0.2) is 0 Å². The summed E-state index contributed by atoms with van der Waals surface area (Å²) >= 11 is 0. The molecular formula is C31H33NO6. The number of carbonyl (C=O) groups is 2. The van der Waals surface area contributed by atoms with Gasteiger partial charge >= 0.3 is 0 Å². The van der Waals surface area contributed by atoms with Crippen LogP contribution in [0.3, 0.4) is 0 Å². The van der Waals surface area contributed by atoms with Gasteiger partial charge in [0, 0.05) is 12.1 Å². The summed E-state index contributed by atoms with van der Waals surface area (Å²) in [6.45, 7) is 7.77. The summed E-state index contributed by atoms with van der Waals surface area (Å²) in [6.07, 6.45) is 0.0387. The largest absolute Gasteiger partial charge is 0.507 e. The van der Waals surface area contributed by atoms with Crippen molar-refractivity contribution in [3.05, 3.63) is 94.1 Å². The summed E-state index contributed by atoms with van der Waals surface area (Å²) in [6, 6.07) is 17.4. The lowest BCUT2D eigenvalue weighted by Gasteiger charge is -2.26. The molecule has 1 amide bonds. The predicted molar refractivity (Wildman–Crippen MR) is 146 cm³/mol. The highest BCUT2D eigenvalue weighted by Gasteiger charge is 2.46. The third kappa shape index (κ3) is 5.23. The van der Waals surface area contributed by atoms with E-state index in [1.54, 1.807) is 38.5 Å². The van der Waals surface area contributed by atoms with Crippen molar-refractivity contribution in [1.82, 2.24) is 4.90 Å². The summed E-state index contributed by atoms with van der Waals surface area (Å²) in [5.41, 5.74) is 3.52. The maximum absolute atomic E-state index is 13.5. The SMILES string of the molecule is COc1cccc(C2/C(=C(\O)c3cc(C)c(OC)cc3C)C(=O)C(=O)N2Cc2ccc(OC(C)C)cc2)c1. The van der Waals surface area contributed by atoms with Gasteiger partial charge in [0.1, 0.15) is 23.0 Å². The lowest BCUT2D eigenvalue weighted by Crippen LogP contribution is -2.29. The molecule has 4 rings (SSSR count). The van der Waals surface area contributed by atoms with Crippen molar-refractivity contribution < 1.29 is 28.9 Å². The Bertz CT molecular complexity index is 1390. The number of ketones is 1. The topological polar surface area (TPSA) is 85.3 Å². The summed E-state index contributed by atoms with van der Waals surface area (Å²) in [4.78, 5) is 28.4. The van der Waals surface area contributed by atoms with Crippen LogP contribution in [0.15, 0.2) is 66.2 Å². The van der Waals surface area contributed by atoms with Crippen LogP contribution in [0.5, 0.6) is 17.2 Å². The molecule has 0 aromatic heterocycles. The standard InChI is InChI=1S/C31H33NO6/c1-18(2)38-23-12-10-21(11-13-23)17-32-28(22-8-7-9-24(16-22)36-5)27(30(34)31(32)35)29(33)25-14-20(4)26(37-6)15-19(25)3/h7-16,18,28,33H,17H2,1-6H3/b29-27+. The molecule has 1 unspecified atom stereocenters. The van der Waals surface area contributed by atoms with E-state index in [9.17, 15) is 14.7 Å². The van der Waals surface area contributed by atoms with Crippen molar-refractivity contribution in [3.8, 4) is 17.2 Å². The molecule has 3 aromatic rings. The third-order valence-corrected chi connectivity index (χ3v) is 6.59. The van der Waals surface area contributed by atoms with Crippen molar-refractivity contribution in [3.63, 3.8) is 0 Å². The number of aliphatic hydroxyl groups excluding tert-OH is 1. The van der Waals surface area contributed by atoms with E-state index in [2.05, 4.69) is 0 Å². The second-order valence-corrected chi connectivity index (χ2v) is 9.65. The number of aryl methyl sites for hydroxylation is 2. The van der Waals surface area contributed by atoms with Gasteiger partial charge in [-0.3, -0.25) is 9.59 Å². The monoisotopic (exact) mass is 515 g/mol. The number of hydrogen-bond donors (Lipinski definition) is 1. The molecule has 0 aliphatic carbocycles. The number of nitrogens with zero attached hydrogens (tertiary/aromatic N) is 1. The van der Waals surface area contributed by atoms with E-state index in [1.165, 1.54) is 4.90 Å². The fraction of sp³-hybridized carbons (Fsp3) is 0.290. The summed E-state index contributed by atoms with van der Waals surface area (Å²) in [7, 11) is 3.14. The number of rotatable bonds is 8. The molecule has 38 heavy (non-hydrogen) atoms. The van der Waals surface area contributed by atoms with Gasteiger partial charge in [-0.05, 0) is 86.3 Å². The highest BCUT2D eigenvalue weighted by molar-refractivity contribution is 6.46. The molecule has 1 atom stereocenters. The maximum Gasteiger partial charge on any atom is 0.295 e. The van der Waals surface area contributed by atoms with Crippen LogP contribution in [0.1, 0.15) is 47.7 Å². The number of aliphatic hydroxyl groups is 1. The average molecular weight is 516 g/mol. The average Bonchev–Trinajstić information content (AvgIpc) is 3.15. The summed E-state index contributed by atoms with van der Waals surface area (Å²) in [5.74, 6) is 0.351. The number of Topliss-reactive ketones (excluding diaryl/α,β-unsaturated/α-hetero) is 1. The molecule has 3 aromatic carbocycles. The van der Waals surface area contributed by atoms with Gasteiger partial charge < -0.3 is 24.2 Å². The Morgan fingerprint density at radius 1 is 0.921 bits per heavy atom. The van der Waals surface area contributed by atoms with Crippen LogP contribution >= 0.6 is 0 Å². The molecule has 0 spiro atoms. The highest BCUT2D eigenvalue weighted by atomic mass is 16.5. The second-order valence-electron chi connectivity index (χ2n) is 9.65. The Balaban J connectivity index is 1.83. The van der Waals surface area contributed by atoms with Crippen molar-refractivity contribution in [2.75, 3.05) is 14.2 Å². The molecular weight excluding hydrogens is 482 g/mol. The van der Waals surface area contributed by atoms with E-state index in [0.29, 0.717) is 22.6 Å². The van der Waals surface area contributed by atoms with E-state index >= 15 is 0 Å². The minimum absolute atomic E-state index is 0.0377. The van der Waals surface area contributed by atoms with Crippen LogP contribution in [0.4, 0.5) is 0 Å². The number of hydrogen-bond acceptors (Lipinski definition) is 6. The molecule has 198 valence electrons. The number of likely N-dealkylation sites (tertiary alicyclic amines) is 1. The Kier molecular flexibility index (Phi) is 7.76. The van der Waals surface area contributed by atoms with Crippen molar-refractivity contribution >= 4 is 17.4 Å². The Hall–Kier alpha value is -4.26. The molecule has 1 fully saturated rings. The van der Waals surface area contributed by atoms with E-state index in [1.807, 2.05) is 64.1 Å². The van der Waals surface area contributed by atoms with Crippen LogP contribution in [0.25, 0.3) is 5.76 Å². The second kappa shape index (κ2) is 11.0. The molecule has 1 N–H and O–H groups in total. The number of amides is 1. The first-order chi connectivity index (χ1) is 18.1. The molecule has 7 nitrogen and oxygen atoms in total. The Labute approximate surface area is 223 Å². The van der Waals surface area contributed by atoms with Crippen LogP contribution in [-0.2, 0) is 16.1 Å². The fourth-order valence-electron chi connectivity index (χ4n) is 4.75. The van der Waals surface area contributed by atoms with Gasteiger partial charge in [-0.1, -0.05) is 24.3 Å². The maximum atomic E-state index is 13.5.